The van der Waals surface area contributed by atoms with Gasteiger partial charge >= 0.3 is 0 Å². The third-order valence-corrected chi connectivity index (χ3v) is 3.12. The van der Waals surface area contributed by atoms with Crippen LogP contribution in [0.5, 0.6) is 0 Å². The minimum Gasteiger partial charge on any atom is -0.0856 e. The van der Waals surface area contributed by atoms with Crippen LogP contribution in [0.15, 0.2) is 34.9 Å². The molecule has 0 nitrogen and oxygen atoms in total. The highest BCUT2D eigenvalue weighted by Gasteiger charge is 2.07. The summed E-state index contributed by atoms with van der Waals surface area (Å²) in [5.74, 6) is 0.777. The molecular formula is C15H24. The van der Waals surface area contributed by atoms with Gasteiger partial charge in [-0.1, -0.05) is 36.3 Å². The van der Waals surface area contributed by atoms with Gasteiger partial charge in [0.15, 0.2) is 0 Å². The second-order valence-corrected chi connectivity index (χ2v) is 5.00. The van der Waals surface area contributed by atoms with Gasteiger partial charge in [0.1, 0.15) is 0 Å². The van der Waals surface area contributed by atoms with Gasteiger partial charge in [-0.25, -0.2) is 0 Å². The Morgan fingerprint density at radius 1 is 1.40 bits per heavy atom. The van der Waals surface area contributed by atoms with Gasteiger partial charge in [-0.2, -0.15) is 0 Å². The molecule has 1 atom stereocenters. The van der Waals surface area contributed by atoms with Crippen molar-refractivity contribution in [3.05, 3.63) is 34.9 Å². The molecule has 0 aromatic rings. The van der Waals surface area contributed by atoms with Crippen LogP contribution >= 0.6 is 0 Å². The molecule has 0 bridgehead atoms. The third-order valence-electron chi connectivity index (χ3n) is 3.12. The molecular weight excluding hydrogens is 180 g/mol. The molecule has 1 unspecified atom stereocenters. The lowest BCUT2D eigenvalue weighted by atomic mass is 9.90. The van der Waals surface area contributed by atoms with Crippen molar-refractivity contribution in [1.82, 2.24) is 0 Å². The molecule has 0 aromatic carbocycles. The molecule has 0 saturated carbocycles. The topological polar surface area (TPSA) is 0 Å². The van der Waals surface area contributed by atoms with Gasteiger partial charge in [0.2, 0.25) is 0 Å². The third kappa shape index (κ3) is 4.51. The number of rotatable bonds is 3. The van der Waals surface area contributed by atoms with Gasteiger partial charge in [-0.05, 0) is 57.9 Å². The Hall–Kier alpha value is -0.780. The van der Waals surface area contributed by atoms with Crippen LogP contribution in [-0.4, -0.2) is 0 Å². The van der Waals surface area contributed by atoms with Crippen LogP contribution in [-0.2, 0) is 0 Å². The molecule has 0 amide bonds. The minimum absolute atomic E-state index is 0.777. The fraction of sp³-hybridized carbons (Fsp3) is 0.600. The molecule has 0 radical (unpaired) electrons. The predicted molar refractivity (Wildman–Crippen MR) is 68.9 cm³/mol. The summed E-state index contributed by atoms with van der Waals surface area (Å²) in [6.07, 6.45) is 12.0. The first-order valence-corrected chi connectivity index (χ1v) is 6.09. The SMILES string of the molecule is CC(C)=CCCC(C)=C1C=CC(C)CC1. The normalized spacial score (nSPS) is 23.9. The molecule has 84 valence electrons. The highest BCUT2D eigenvalue weighted by molar-refractivity contribution is 5.27. The average Bonchev–Trinajstić information content (AvgIpc) is 2.18. The molecule has 15 heavy (non-hydrogen) atoms. The zero-order chi connectivity index (χ0) is 11.3. The summed E-state index contributed by atoms with van der Waals surface area (Å²) in [5.41, 5.74) is 4.59. The van der Waals surface area contributed by atoms with E-state index >= 15 is 0 Å². The smallest absolute Gasteiger partial charge is 0.0256 e. The Bertz CT molecular complexity index is 285. The molecule has 0 saturated heterocycles. The fourth-order valence-electron chi connectivity index (χ4n) is 1.94. The van der Waals surface area contributed by atoms with Crippen molar-refractivity contribution in [2.75, 3.05) is 0 Å². The molecule has 0 aliphatic heterocycles. The summed E-state index contributed by atoms with van der Waals surface area (Å²) >= 11 is 0. The monoisotopic (exact) mass is 204 g/mol. The van der Waals surface area contributed by atoms with Gasteiger partial charge < -0.3 is 0 Å². The van der Waals surface area contributed by atoms with E-state index in [1.165, 1.54) is 31.3 Å². The summed E-state index contributed by atoms with van der Waals surface area (Å²) < 4.78 is 0. The van der Waals surface area contributed by atoms with Crippen molar-refractivity contribution in [3.8, 4) is 0 Å². The van der Waals surface area contributed by atoms with Crippen molar-refractivity contribution in [1.29, 1.82) is 0 Å². The number of allylic oxidation sites excluding steroid dienone is 6. The molecule has 0 heteroatoms. The largest absolute Gasteiger partial charge is 0.0856 e. The van der Waals surface area contributed by atoms with Crippen molar-refractivity contribution < 1.29 is 0 Å². The molecule has 0 fully saturated rings. The second kappa shape index (κ2) is 5.95. The maximum atomic E-state index is 2.35. The Labute approximate surface area is 94.8 Å². The van der Waals surface area contributed by atoms with Crippen LogP contribution in [0.25, 0.3) is 0 Å². The first kappa shape index (κ1) is 12.3. The fourth-order valence-corrected chi connectivity index (χ4v) is 1.94. The van der Waals surface area contributed by atoms with Crippen LogP contribution in [0.2, 0.25) is 0 Å². The molecule has 1 aliphatic rings. The maximum Gasteiger partial charge on any atom is -0.0256 e. The van der Waals surface area contributed by atoms with E-state index in [1.54, 1.807) is 11.1 Å². The number of hydrogen-bond donors (Lipinski definition) is 0. The van der Waals surface area contributed by atoms with Crippen molar-refractivity contribution >= 4 is 0 Å². The summed E-state index contributed by atoms with van der Waals surface area (Å²) in [6.45, 7) is 8.93. The molecule has 1 aliphatic carbocycles. The van der Waals surface area contributed by atoms with E-state index in [-0.39, 0.29) is 0 Å². The van der Waals surface area contributed by atoms with Crippen LogP contribution in [0, 0.1) is 5.92 Å². The van der Waals surface area contributed by atoms with Crippen LogP contribution < -0.4 is 0 Å². The number of hydrogen-bond acceptors (Lipinski definition) is 0. The summed E-state index contributed by atoms with van der Waals surface area (Å²) in [5, 5.41) is 0. The Balaban J connectivity index is 2.51. The van der Waals surface area contributed by atoms with Crippen LogP contribution in [0.4, 0.5) is 0 Å². The first-order valence-electron chi connectivity index (χ1n) is 6.09. The maximum absolute atomic E-state index is 2.35. The second-order valence-electron chi connectivity index (χ2n) is 5.00. The summed E-state index contributed by atoms with van der Waals surface area (Å²) in [4.78, 5) is 0. The van der Waals surface area contributed by atoms with Crippen LogP contribution in [0.1, 0.15) is 53.4 Å². The Kier molecular flexibility index (Phi) is 4.87. The van der Waals surface area contributed by atoms with Gasteiger partial charge in [-0.3, -0.25) is 0 Å². The van der Waals surface area contributed by atoms with E-state index in [0.29, 0.717) is 0 Å². The standard InChI is InChI=1S/C15H24/c1-12(2)6-5-7-14(4)15-10-8-13(3)9-11-15/h6,8,10,13H,5,7,9,11H2,1-4H3. The van der Waals surface area contributed by atoms with E-state index in [9.17, 15) is 0 Å². The van der Waals surface area contributed by atoms with E-state index in [1.807, 2.05) is 0 Å². The highest BCUT2D eigenvalue weighted by Crippen LogP contribution is 2.25. The molecule has 0 heterocycles. The lowest BCUT2D eigenvalue weighted by Crippen LogP contribution is -1.99. The van der Waals surface area contributed by atoms with Gasteiger partial charge in [-0.15, -0.1) is 0 Å². The zero-order valence-corrected chi connectivity index (χ0v) is 10.6. The first-order chi connectivity index (χ1) is 7.09. The highest BCUT2D eigenvalue weighted by atomic mass is 14.1. The lowest BCUT2D eigenvalue weighted by Gasteiger charge is -2.16. The Morgan fingerprint density at radius 2 is 2.13 bits per heavy atom. The van der Waals surface area contributed by atoms with Crippen LogP contribution in [0.3, 0.4) is 0 Å². The van der Waals surface area contributed by atoms with E-state index < -0.39 is 0 Å². The molecule has 0 spiro atoms. The van der Waals surface area contributed by atoms with Crippen molar-refractivity contribution in [3.63, 3.8) is 0 Å². The van der Waals surface area contributed by atoms with Gasteiger partial charge in [0, 0.05) is 0 Å². The van der Waals surface area contributed by atoms with Gasteiger partial charge in [0.05, 0.1) is 0 Å². The minimum atomic E-state index is 0.777. The average molecular weight is 204 g/mol. The van der Waals surface area contributed by atoms with Crippen molar-refractivity contribution in [2.45, 2.75) is 53.4 Å². The quantitative estimate of drug-likeness (QED) is 0.565. The van der Waals surface area contributed by atoms with E-state index in [0.717, 1.165) is 5.92 Å². The summed E-state index contributed by atoms with van der Waals surface area (Å²) in [6, 6.07) is 0. The molecule has 1 rings (SSSR count). The zero-order valence-electron chi connectivity index (χ0n) is 10.6. The molecule has 0 aromatic heterocycles. The van der Waals surface area contributed by atoms with Gasteiger partial charge in [0.25, 0.3) is 0 Å². The summed E-state index contributed by atoms with van der Waals surface area (Å²) in [7, 11) is 0. The lowest BCUT2D eigenvalue weighted by molar-refractivity contribution is 0.626. The Morgan fingerprint density at radius 3 is 2.67 bits per heavy atom. The predicted octanol–water partition coefficient (Wildman–Crippen LogP) is 5.04. The van der Waals surface area contributed by atoms with E-state index in [4.69, 9.17) is 0 Å². The molecule has 0 N–H and O–H groups in total. The van der Waals surface area contributed by atoms with E-state index in [2.05, 4.69) is 45.9 Å². The van der Waals surface area contributed by atoms with Crippen molar-refractivity contribution in [2.24, 2.45) is 5.92 Å².